The Morgan fingerprint density at radius 2 is 1.31 bits per heavy atom. The molecule has 4 aliphatic carbocycles. The molecule has 2 unspecified atom stereocenters. The van der Waals surface area contributed by atoms with E-state index in [1.165, 1.54) is 127 Å². The third-order valence-electron chi connectivity index (χ3n) is 14.8. The molecule has 59 heavy (non-hydrogen) atoms. The van der Waals surface area contributed by atoms with E-state index in [0.29, 0.717) is 0 Å². The van der Waals surface area contributed by atoms with E-state index in [-0.39, 0.29) is 17.5 Å². The second-order valence-electron chi connectivity index (χ2n) is 17.9. The lowest BCUT2D eigenvalue weighted by Crippen LogP contribution is -2.25. The number of allylic oxidation sites excluding steroid dienone is 3. The maximum Gasteiger partial charge on any atom is 0.130 e. The van der Waals surface area contributed by atoms with Gasteiger partial charge in [-0.15, -0.1) is 0 Å². The molecule has 8 aromatic carbocycles. The van der Waals surface area contributed by atoms with Crippen LogP contribution in [0.4, 0.5) is 0 Å². The largest absolute Gasteiger partial charge is 0.317 e. The summed E-state index contributed by atoms with van der Waals surface area (Å²) in [5.41, 5.74) is 23.2. The number of hydrogen-bond donors (Lipinski definition) is 0. The van der Waals surface area contributed by atoms with Crippen LogP contribution in [0.15, 0.2) is 174 Å². The highest BCUT2D eigenvalue weighted by molar-refractivity contribution is 6.32. The van der Waals surface area contributed by atoms with Crippen molar-refractivity contribution in [2.24, 2.45) is 4.99 Å². The van der Waals surface area contributed by atoms with E-state index >= 15 is 0 Å². The molecule has 0 amide bonds. The van der Waals surface area contributed by atoms with E-state index in [0.717, 1.165) is 19.3 Å². The number of fused-ring (bicyclic) bond motifs is 18. The van der Waals surface area contributed by atoms with E-state index in [1.54, 1.807) is 0 Å². The molecule has 5 aliphatic rings. The fraction of sp³-hybridized carbons (Fsp3) is 0.140. The zero-order valence-corrected chi connectivity index (χ0v) is 33.2. The Bertz CT molecular complexity index is 3510. The summed E-state index contributed by atoms with van der Waals surface area (Å²) in [5.74, 6) is 0.210. The molecule has 0 spiro atoms. The Morgan fingerprint density at radius 3 is 2.20 bits per heavy atom. The summed E-state index contributed by atoms with van der Waals surface area (Å²) in [6.45, 7) is 4.82. The molecular formula is C57H40N2. The predicted molar refractivity (Wildman–Crippen MR) is 246 cm³/mol. The smallest absolute Gasteiger partial charge is 0.130 e. The minimum atomic E-state index is -0.141. The van der Waals surface area contributed by atoms with Crippen molar-refractivity contribution in [3.63, 3.8) is 0 Å². The summed E-state index contributed by atoms with van der Waals surface area (Å²) in [6.07, 6.45) is 7.61. The van der Waals surface area contributed by atoms with Crippen LogP contribution in [0.25, 0.3) is 76.7 Å². The maximum atomic E-state index is 6.07. The zero-order chi connectivity index (χ0) is 38.7. The van der Waals surface area contributed by atoms with Gasteiger partial charge in [-0.3, -0.25) is 4.99 Å². The van der Waals surface area contributed by atoms with Gasteiger partial charge in [0, 0.05) is 39.5 Å². The van der Waals surface area contributed by atoms with Crippen molar-refractivity contribution in [2.75, 3.05) is 0 Å². The Labute approximate surface area is 343 Å². The summed E-state index contributed by atoms with van der Waals surface area (Å²) in [7, 11) is 0. The van der Waals surface area contributed by atoms with Gasteiger partial charge in [0.05, 0.1) is 16.7 Å². The van der Waals surface area contributed by atoms with Gasteiger partial charge < -0.3 is 4.57 Å². The maximum absolute atomic E-state index is 6.07. The second-order valence-corrected chi connectivity index (χ2v) is 17.9. The normalized spacial score (nSPS) is 18.9. The third kappa shape index (κ3) is 3.95. The van der Waals surface area contributed by atoms with Gasteiger partial charge in [-0.25, -0.2) is 0 Å². The number of benzene rings is 8. The van der Waals surface area contributed by atoms with E-state index in [1.807, 2.05) is 0 Å². The Hall–Kier alpha value is -6.77. The fourth-order valence-electron chi connectivity index (χ4n) is 12.5. The molecule has 1 aromatic heterocycles. The van der Waals surface area contributed by atoms with Gasteiger partial charge in [0.15, 0.2) is 0 Å². The van der Waals surface area contributed by atoms with Crippen molar-refractivity contribution in [1.82, 2.24) is 4.57 Å². The molecule has 0 saturated carbocycles. The molecule has 0 N–H and O–H groups in total. The molecule has 14 rings (SSSR count). The van der Waals surface area contributed by atoms with Crippen molar-refractivity contribution in [1.29, 1.82) is 0 Å². The number of aromatic nitrogens is 1. The van der Waals surface area contributed by atoms with Gasteiger partial charge in [0.2, 0.25) is 0 Å². The van der Waals surface area contributed by atoms with Gasteiger partial charge in [-0.2, -0.15) is 0 Å². The molecule has 2 nitrogen and oxygen atoms in total. The van der Waals surface area contributed by atoms with Gasteiger partial charge in [0.1, 0.15) is 6.17 Å². The standard InChI is InChI=1S/C57H40N2/c1-57(2)45-28-12-11-20-37(45)41-25-14-27-44(54(41)57)55-35-18-6-4-16-33(35)31-47(58-55)59-46-30-29-32-15-3-5-17-34(32)49(46)53-52-43-26-13-24-38-36-19-7-8-21-39(36)50(48(38)43)51(52)40-22-9-10-23-42(40)56(53)59/h3-5,7-17,19-30,47,50H,6,18,31H2,1-2H3. The summed E-state index contributed by atoms with van der Waals surface area (Å²) < 4.78 is 2.67. The first-order valence-corrected chi connectivity index (χ1v) is 21.4. The van der Waals surface area contributed by atoms with Gasteiger partial charge >= 0.3 is 0 Å². The molecule has 9 aromatic rings. The first kappa shape index (κ1) is 32.2. The fourth-order valence-corrected chi connectivity index (χ4v) is 12.5. The Kier molecular flexibility index (Phi) is 6.14. The quantitative estimate of drug-likeness (QED) is 0.167. The van der Waals surface area contributed by atoms with Crippen molar-refractivity contribution in [2.45, 2.75) is 50.6 Å². The van der Waals surface area contributed by atoms with Gasteiger partial charge in [0.25, 0.3) is 0 Å². The first-order valence-electron chi connectivity index (χ1n) is 21.4. The Morgan fingerprint density at radius 1 is 0.593 bits per heavy atom. The van der Waals surface area contributed by atoms with Crippen LogP contribution in [0.3, 0.4) is 0 Å². The second kappa shape index (κ2) is 11.2. The lowest BCUT2D eigenvalue weighted by Gasteiger charge is -2.32. The number of dihydropyridines is 1. The highest BCUT2D eigenvalue weighted by atomic mass is 15.1. The van der Waals surface area contributed by atoms with Crippen molar-refractivity contribution in [3.8, 4) is 33.4 Å². The average molecular weight is 753 g/mol. The Balaban J connectivity index is 1.12. The topological polar surface area (TPSA) is 17.3 Å². The molecule has 278 valence electrons. The van der Waals surface area contributed by atoms with Crippen LogP contribution in [0.5, 0.6) is 0 Å². The number of hydrogen-bond acceptors (Lipinski definition) is 1. The summed E-state index contributed by atoms with van der Waals surface area (Å²) in [6, 6.07) is 55.2. The van der Waals surface area contributed by atoms with Gasteiger partial charge in [-0.1, -0.05) is 166 Å². The molecule has 1 aliphatic heterocycles. The predicted octanol–water partition coefficient (Wildman–Crippen LogP) is 14.6. The van der Waals surface area contributed by atoms with E-state index in [2.05, 4.69) is 176 Å². The van der Waals surface area contributed by atoms with Crippen LogP contribution in [0.2, 0.25) is 0 Å². The molecule has 2 atom stereocenters. The minimum Gasteiger partial charge on any atom is -0.317 e. The van der Waals surface area contributed by atoms with Crippen LogP contribution in [-0.2, 0) is 5.41 Å². The minimum absolute atomic E-state index is 0.131. The highest BCUT2D eigenvalue weighted by Gasteiger charge is 2.43. The third-order valence-corrected chi connectivity index (χ3v) is 14.8. The van der Waals surface area contributed by atoms with Crippen molar-refractivity contribution >= 4 is 49.1 Å². The summed E-state index contributed by atoms with van der Waals surface area (Å²) >= 11 is 0. The van der Waals surface area contributed by atoms with E-state index in [4.69, 9.17) is 4.99 Å². The average Bonchev–Trinajstić information content (AvgIpc) is 4.00. The van der Waals surface area contributed by atoms with Crippen LogP contribution < -0.4 is 0 Å². The van der Waals surface area contributed by atoms with Crippen molar-refractivity contribution in [3.05, 3.63) is 202 Å². The van der Waals surface area contributed by atoms with E-state index in [9.17, 15) is 0 Å². The van der Waals surface area contributed by atoms with Gasteiger partial charge in [-0.05, 0) is 107 Å². The van der Waals surface area contributed by atoms with E-state index < -0.39 is 0 Å². The lowest BCUT2D eigenvalue weighted by atomic mass is 9.77. The van der Waals surface area contributed by atoms with Crippen molar-refractivity contribution < 1.29 is 0 Å². The number of aliphatic imine (C=N–C) groups is 1. The SMILES string of the molecule is CC1(C)c2ccccc2-c2cccc(C3=NC(n4c5ccc6ccccc6c5c5c6c(c7ccccc7c54)C4c5ccccc5-c5cccc-6c54)CC4=C3CCC=C4)c21. The molecule has 0 bridgehead atoms. The molecule has 0 radical (unpaired) electrons. The molecular weight excluding hydrogens is 713 g/mol. The van der Waals surface area contributed by atoms with Crippen LogP contribution in [0.1, 0.15) is 78.6 Å². The summed E-state index contributed by atoms with van der Waals surface area (Å²) in [5, 5.41) is 7.97. The first-order chi connectivity index (χ1) is 29.1. The lowest BCUT2D eigenvalue weighted by molar-refractivity contribution is 0.545. The molecule has 0 fully saturated rings. The monoisotopic (exact) mass is 752 g/mol. The molecule has 0 saturated heterocycles. The van der Waals surface area contributed by atoms with Crippen LogP contribution in [0, 0.1) is 0 Å². The van der Waals surface area contributed by atoms with Crippen LogP contribution >= 0.6 is 0 Å². The number of nitrogens with zero attached hydrogens (tertiary/aromatic N) is 2. The zero-order valence-electron chi connectivity index (χ0n) is 33.2. The highest BCUT2D eigenvalue weighted by Crippen LogP contribution is 2.62. The molecule has 2 heteroatoms. The molecule has 2 heterocycles. The number of rotatable bonds is 2. The van der Waals surface area contributed by atoms with Crippen LogP contribution in [-0.4, -0.2) is 10.3 Å². The summed E-state index contributed by atoms with van der Waals surface area (Å²) in [4.78, 5) is 6.07.